The van der Waals surface area contributed by atoms with Gasteiger partial charge in [0.05, 0.1) is 18.6 Å². The van der Waals surface area contributed by atoms with E-state index >= 15 is 0 Å². The Bertz CT molecular complexity index is 1220. The number of hydrogen-bond acceptors (Lipinski definition) is 7. The Kier molecular flexibility index (Phi) is 4.57. The van der Waals surface area contributed by atoms with Crippen LogP contribution in [0.1, 0.15) is 36.8 Å². The maximum Gasteiger partial charge on any atom is 0.330 e. The second-order valence-electron chi connectivity index (χ2n) is 11.4. The largest absolute Gasteiger partial charge is 0.504 e. The molecule has 1 aromatic carbocycles. The number of ether oxygens (including phenoxy) is 3. The number of esters is 1. The van der Waals surface area contributed by atoms with Gasteiger partial charge in [-0.05, 0) is 56.2 Å². The fourth-order valence-electron chi connectivity index (χ4n) is 8.37. The molecule has 7 aliphatic rings. The van der Waals surface area contributed by atoms with Gasteiger partial charge in [-0.25, -0.2) is 4.79 Å². The number of phenolic OH excluding ortho intramolecular Hbond substituents is 1. The van der Waals surface area contributed by atoms with E-state index in [9.17, 15) is 14.7 Å². The van der Waals surface area contributed by atoms with Crippen molar-refractivity contribution in [3.05, 3.63) is 47.6 Å². The van der Waals surface area contributed by atoms with Crippen LogP contribution in [0.3, 0.4) is 0 Å². The summed E-state index contributed by atoms with van der Waals surface area (Å²) in [6.45, 7) is 2.10. The van der Waals surface area contributed by atoms with Gasteiger partial charge in [0.1, 0.15) is 11.7 Å². The minimum Gasteiger partial charge on any atom is -0.504 e. The zero-order valence-corrected chi connectivity index (χ0v) is 20.7. The summed E-state index contributed by atoms with van der Waals surface area (Å²) in [6.07, 6.45) is 11.5. The molecule has 8 rings (SSSR count). The van der Waals surface area contributed by atoms with Crippen molar-refractivity contribution in [2.24, 2.45) is 11.3 Å². The Hall–Kier alpha value is -2.84. The number of nitrogens with one attached hydrogen (secondary N) is 1. The number of phenols is 1. The van der Waals surface area contributed by atoms with Gasteiger partial charge in [-0.15, -0.1) is 0 Å². The Morgan fingerprint density at radius 3 is 2.83 bits per heavy atom. The number of rotatable bonds is 6. The van der Waals surface area contributed by atoms with Crippen molar-refractivity contribution in [1.29, 1.82) is 0 Å². The summed E-state index contributed by atoms with van der Waals surface area (Å²) in [4.78, 5) is 27.2. The van der Waals surface area contributed by atoms with E-state index in [4.69, 9.17) is 9.47 Å². The van der Waals surface area contributed by atoms with Gasteiger partial charge >= 0.3 is 5.97 Å². The van der Waals surface area contributed by atoms with E-state index in [2.05, 4.69) is 33.2 Å². The van der Waals surface area contributed by atoms with Crippen molar-refractivity contribution < 1.29 is 28.9 Å². The van der Waals surface area contributed by atoms with Crippen LogP contribution in [0.4, 0.5) is 0 Å². The summed E-state index contributed by atoms with van der Waals surface area (Å²) >= 11 is 0. The van der Waals surface area contributed by atoms with Gasteiger partial charge in [0, 0.05) is 42.8 Å². The lowest BCUT2D eigenvalue weighted by Crippen LogP contribution is -2.82. The molecular formula is C28H32N2O6. The number of amides is 1. The molecule has 190 valence electrons. The fourth-order valence-corrected chi connectivity index (χ4v) is 8.37. The molecule has 1 saturated heterocycles. The maximum absolute atomic E-state index is 12.9. The van der Waals surface area contributed by atoms with Gasteiger partial charge in [0.25, 0.3) is 0 Å². The van der Waals surface area contributed by atoms with E-state index in [1.807, 2.05) is 0 Å². The van der Waals surface area contributed by atoms with E-state index < -0.39 is 11.6 Å². The summed E-state index contributed by atoms with van der Waals surface area (Å²) in [5, 5.41) is 14.0. The van der Waals surface area contributed by atoms with Gasteiger partial charge in [0.15, 0.2) is 11.5 Å². The minimum absolute atomic E-state index is 0.166. The molecule has 8 heteroatoms. The molecule has 8 nitrogen and oxygen atoms in total. The van der Waals surface area contributed by atoms with Crippen LogP contribution in [-0.2, 0) is 30.9 Å². The van der Waals surface area contributed by atoms with Crippen LogP contribution in [0, 0.1) is 11.3 Å². The number of carbonyl (C=O) groups is 2. The first-order valence-electron chi connectivity index (χ1n) is 13.0. The van der Waals surface area contributed by atoms with Crippen molar-refractivity contribution in [3.63, 3.8) is 0 Å². The molecule has 6 atom stereocenters. The molecule has 0 radical (unpaired) electrons. The summed E-state index contributed by atoms with van der Waals surface area (Å²) in [5.74, 6) is 0.570. The third-order valence-corrected chi connectivity index (χ3v) is 9.99. The van der Waals surface area contributed by atoms with Gasteiger partial charge in [-0.3, -0.25) is 9.69 Å². The van der Waals surface area contributed by atoms with Crippen LogP contribution >= 0.6 is 0 Å². The van der Waals surface area contributed by atoms with Crippen LogP contribution in [0.15, 0.2) is 36.4 Å². The van der Waals surface area contributed by atoms with E-state index in [-0.39, 0.29) is 40.7 Å². The minimum atomic E-state index is -0.903. The first kappa shape index (κ1) is 22.4. The van der Waals surface area contributed by atoms with Crippen molar-refractivity contribution in [2.75, 3.05) is 27.3 Å². The molecule has 2 N–H and O–H groups in total. The highest BCUT2D eigenvalue weighted by molar-refractivity contribution is 5.94. The molecule has 2 saturated carbocycles. The quantitative estimate of drug-likeness (QED) is 0.356. The molecule has 2 aliphatic heterocycles. The normalized spacial score (nSPS) is 39.1. The highest BCUT2D eigenvalue weighted by atomic mass is 16.6. The summed E-state index contributed by atoms with van der Waals surface area (Å²) < 4.78 is 17.6. The third kappa shape index (κ3) is 2.61. The molecule has 4 bridgehead atoms. The number of hydrogen-bond donors (Lipinski definition) is 2. The van der Waals surface area contributed by atoms with Gasteiger partial charge < -0.3 is 24.6 Å². The van der Waals surface area contributed by atoms with Crippen molar-refractivity contribution in [2.45, 2.75) is 61.3 Å². The average Bonchev–Trinajstić information content (AvgIpc) is 3.62. The topological polar surface area (TPSA) is 97.3 Å². The molecule has 2 spiro atoms. The molecule has 1 amide bonds. The standard InChI is InChI=1S/C28H32N2O6/c1-34-22(33)8-7-21(32)29-19-14-26-9-10-28(19,35-2)25-27(26)11-12-30(15-16-3-4-16)20(26)13-17-5-6-18(31)24(36-25)23(17)27/h5-10,16,19-20,25,31H,3-4,11-15H2,1-2H3,(H,29,32)/b8-7+/t19-,20+,25+,26+,27-,28?/m0/s1. The number of fused-ring (bicyclic) bond motifs is 1. The number of piperidine rings is 1. The Morgan fingerprint density at radius 2 is 2.08 bits per heavy atom. The summed E-state index contributed by atoms with van der Waals surface area (Å²) in [5.41, 5.74) is 0.917. The highest BCUT2D eigenvalue weighted by Gasteiger charge is 2.79. The van der Waals surface area contributed by atoms with E-state index in [0.29, 0.717) is 12.2 Å². The SMILES string of the molecule is COC(=O)/C=C/C(=O)N[C@H]1C[C@@]23C=CC1(OC)[C@@H]1Oc4c(O)ccc5c4[C@@]12CCN(CC1CC1)[C@@H]3C5. The number of methoxy groups -OCH3 is 2. The lowest BCUT2D eigenvalue weighted by atomic mass is 9.38. The lowest BCUT2D eigenvalue weighted by molar-refractivity contribution is -0.203. The van der Waals surface area contributed by atoms with E-state index in [1.54, 1.807) is 13.2 Å². The van der Waals surface area contributed by atoms with Crippen molar-refractivity contribution in [1.82, 2.24) is 10.2 Å². The number of nitrogens with zero attached hydrogens (tertiary/aromatic N) is 1. The fraction of sp³-hybridized carbons (Fsp3) is 0.571. The number of benzene rings is 1. The average molecular weight is 493 g/mol. The highest BCUT2D eigenvalue weighted by Crippen LogP contribution is 2.73. The van der Waals surface area contributed by atoms with E-state index in [0.717, 1.165) is 43.5 Å². The molecule has 3 fully saturated rings. The Labute approximate surface area is 210 Å². The van der Waals surface area contributed by atoms with Crippen LogP contribution in [-0.4, -0.2) is 73.0 Å². The summed E-state index contributed by atoms with van der Waals surface area (Å²) in [6, 6.07) is 3.75. The molecular weight excluding hydrogens is 460 g/mol. The number of likely N-dealkylation sites (tertiary alicyclic amines) is 1. The Morgan fingerprint density at radius 1 is 1.25 bits per heavy atom. The summed E-state index contributed by atoms with van der Waals surface area (Å²) in [7, 11) is 2.94. The smallest absolute Gasteiger partial charge is 0.330 e. The van der Waals surface area contributed by atoms with Crippen LogP contribution in [0.5, 0.6) is 11.5 Å². The first-order chi connectivity index (χ1) is 17.4. The molecule has 5 aliphatic carbocycles. The molecule has 1 unspecified atom stereocenters. The van der Waals surface area contributed by atoms with Gasteiger partial charge in [0.2, 0.25) is 5.91 Å². The zero-order chi connectivity index (χ0) is 24.9. The molecule has 36 heavy (non-hydrogen) atoms. The van der Waals surface area contributed by atoms with Crippen LogP contribution in [0.25, 0.3) is 0 Å². The molecule has 0 aromatic heterocycles. The lowest BCUT2D eigenvalue weighted by Gasteiger charge is -2.71. The van der Waals surface area contributed by atoms with Crippen molar-refractivity contribution >= 4 is 11.9 Å². The Balaban J connectivity index is 1.36. The van der Waals surface area contributed by atoms with Crippen LogP contribution < -0.4 is 10.1 Å². The number of aromatic hydroxyl groups is 1. The zero-order valence-electron chi connectivity index (χ0n) is 20.7. The van der Waals surface area contributed by atoms with Crippen LogP contribution in [0.2, 0.25) is 0 Å². The van der Waals surface area contributed by atoms with Gasteiger partial charge in [-0.2, -0.15) is 0 Å². The van der Waals surface area contributed by atoms with Gasteiger partial charge in [-0.1, -0.05) is 18.2 Å². The predicted molar refractivity (Wildman–Crippen MR) is 130 cm³/mol. The van der Waals surface area contributed by atoms with Crippen molar-refractivity contribution in [3.8, 4) is 11.5 Å². The third-order valence-electron chi connectivity index (χ3n) is 9.99. The second-order valence-corrected chi connectivity index (χ2v) is 11.4. The molecule has 1 aromatic rings. The second kappa shape index (κ2) is 7.35. The molecule has 2 heterocycles. The monoisotopic (exact) mass is 492 g/mol. The first-order valence-corrected chi connectivity index (χ1v) is 13.0. The van der Waals surface area contributed by atoms with E-state index in [1.165, 1.54) is 31.6 Å². The predicted octanol–water partition coefficient (Wildman–Crippen LogP) is 1.99. The maximum atomic E-state index is 12.9. The number of carbonyl (C=O) groups excluding carboxylic acids is 2.